The van der Waals surface area contributed by atoms with Crippen molar-refractivity contribution in [2.24, 2.45) is 0 Å². The maximum absolute atomic E-state index is 12.3. The third-order valence-corrected chi connectivity index (χ3v) is 1.85. The molecule has 0 saturated heterocycles. The lowest BCUT2D eigenvalue weighted by atomic mass is 10.3. The Labute approximate surface area is 99.3 Å². The second-order valence-electron chi connectivity index (χ2n) is 2.79. The number of nitrogens with zero attached hydrogens (tertiary/aromatic N) is 1. The van der Waals surface area contributed by atoms with Crippen LogP contribution in [0.25, 0.3) is 0 Å². The average Bonchev–Trinajstić information content (AvgIpc) is 2.20. The van der Waals surface area contributed by atoms with Crippen LogP contribution in [0.4, 0.5) is 18.0 Å². The Morgan fingerprint density at radius 1 is 1.53 bits per heavy atom. The molecule has 0 spiro atoms. The van der Waals surface area contributed by atoms with Crippen molar-refractivity contribution in [2.45, 2.75) is 13.1 Å². The Bertz CT molecular complexity index is 422. The normalized spacial score (nSPS) is 11.1. The average molecular weight is 270 g/mol. The van der Waals surface area contributed by atoms with Crippen molar-refractivity contribution >= 4 is 17.8 Å². The van der Waals surface area contributed by atoms with E-state index in [0.717, 1.165) is 0 Å². The molecule has 0 bridgehead atoms. The molecule has 0 saturated carbocycles. The van der Waals surface area contributed by atoms with Gasteiger partial charge in [-0.3, -0.25) is 0 Å². The first-order valence-electron chi connectivity index (χ1n) is 4.42. The zero-order chi connectivity index (χ0) is 13.1. The first-order valence-corrected chi connectivity index (χ1v) is 4.79. The van der Waals surface area contributed by atoms with Crippen LogP contribution in [0, 0.1) is 0 Å². The van der Waals surface area contributed by atoms with Gasteiger partial charge in [-0.15, -0.1) is 0 Å². The largest absolute Gasteiger partial charge is 0.515 e. The molecule has 0 aliphatic heterocycles. The molecule has 1 rings (SSSR count). The molecule has 1 aromatic heterocycles. The van der Waals surface area contributed by atoms with Crippen molar-refractivity contribution in [3.05, 3.63) is 22.8 Å². The highest BCUT2D eigenvalue weighted by molar-refractivity contribution is 6.32. The molecule has 0 aromatic carbocycles. The number of halogens is 4. The molecule has 1 aromatic rings. The summed E-state index contributed by atoms with van der Waals surface area (Å²) in [7, 11) is 0. The Hall–Kier alpha value is -1.50. The fourth-order valence-electron chi connectivity index (χ4n) is 0.882. The number of ether oxygens (including phenoxy) is 2. The zero-order valence-corrected chi connectivity index (χ0v) is 9.30. The van der Waals surface area contributed by atoms with Gasteiger partial charge in [0.25, 0.3) is 0 Å². The molecule has 17 heavy (non-hydrogen) atoms. The van der Waals surface area contributed by atoms with Gasteiger partial charge in [0.2, 0.25) is 5.88 Å². The van der Waals surface area contributed by atoms with E-state index in [9.17, 15) is 18.0 Å². The summed E-state index contributed by atoms with van der Waals surface area (Å²) in [6.07, 6.45) is -5.12. The number of alkyl halides is 3. The van der Waals surface area contributed by atoms with Crippen LogP contribution >= 0.6 is 11.6 Å². The van der Waals surface area contributed by atoms with Crippen LogP contribution in [0.1, 0.15) is 12.5 Å². The molecular weight excluding hydrogens is 263 g/mol. The summed E-state index contributed by atoms with van der Waals surface area (Å²) >= 11 is 5.48. The van der Waals surface area contributed by atoms with Crippen molar-refractivity contribution < 1.29 is 27.4 Å². The van der Waals surface area contributed by atoms with Gasteiger partial charge in [-0.2, -0.15) is 13.2 Å². The van der Waals surface area contributed by atoms with E-state index in [1.807, 2.05) is 0 Å². The van der Waals surface area contributed by atoms with Crippen molar-refractivity contribution in [3.8, 4) is 5.88 Å². The molecule has 8 heteroatoms. The van der Waals surface area contributed by atoms with E-state index >= 15 is 0 Å². The van der Waals surface area contributed by atoms with Crippen LogP contribution in [0.5, 0.6) is 5.88 Å². The predicted molar refractivity (Wildman–Crippen MR) is 51.9 cm³/mol. The standard InChI is InChI=1S/C9H7ClF3NO3/c1-2-16-8(15)17-7-6(10)3-5(4-14-7)9(11,12)13/h3-4H,2H2,1H3. The molecule has 0 atom stereocenters. The van der Waals surface area contributed by atoms with Gasteiger partial charge in [-0.05, 0) is 13.0 Å². The van der Waals surface area contributed by atoms with E-state index in [2.05, 4.69) is 14.5 Å². The van der Waals surface area contributed by atoms with Crippen molar-refractivity contribution in [1.82, 2.24) is 4.98 Å². The fraction of sp³-hybridized carbons (Fsp3) is 0.333. The molecule has 0 amide bonds. The first-order chi connectivity index (χ1) is 7.84. The topological polar surface area (TPSA) is 48.4 Å². The zero-order valence-electron chi connectivity index (χ0n) is 8.55. The predicted octanol–water partition coefficient (Wildman–Crippen LogP) is 3.29. The summed E-state index contributed by atoms with van der Waals surface area (Å²) in [4.78, 5) is 14.2. The number of hydrogen-bond acceptors (Lipinski definition) is 4. The molecule has 0 aliphatic rings. The molecule has 1 heterocycles. The number of hydrogen-bond donors (Lipinski definition) is 0. The smallest absolute Gasteiger partial charge is 0.434 e. The highest BCUT2D eigenvalue weighted by Gasteiger charge is 2.32. The monoisotopic (exact) mass is 269 g/mol. The highest BCUT2D eigenvalue weighted by Crippen LogP contribution is 2.33. The maximum atomic E-state index is 12.3. The minimum atomic E-state index is -4.56. The molecule has 4 nitrogen and oxygen atoms in total. The Balaban J connectivity index is 2.87. The van der Waals surface area contributed by atoms with E-state index in [1.54, 1.807) is 6.92 Å². The van der Waals surface area contributed by atoms with Crippen LogP contribution in [0.3, 0.4) is 0 Å². The first kappa shape index (κ1) is 13.6. The van der Waals surface area contributed by atoms with Gasteiger partial charge in [-0.1, -0.05) is 11.6 Å². The number of carbonyl (C=O) groups excluding carboxylic acids is 1. The van der Waals surface area contributed by atoms with Crippen molar-refractivity contribution in [1.29, 1.82) is 0 Å². The summed E-state index contributed by atoms with van der Waals surface area (Å²) in [6.45, 7) is 1.61. The second kappa shape index (κ2) is 5.22. The van der Waals surface area contributed by atoms with Crippen molar-refractivity contribution in [3.63, 3.8) is 0 Å². The summed E-state index contributed by atoms with van der Waals surface area (Å²) in [5, 5.41) is -0.423. The molecule has 0 aliphatic carbocycles. The van der Waals surface area contributed by atoms with E-state index in [1.165, 1.54) is 0 Å². The van der Waals surface area contributed by atoms with Gasteiger partial charge >= 0.3 is 12.3 Å². The molecular formula is C9H7ClF3NO3. The van der Waals surface area contributed by atoms with Gasteiger partial charge in [0, 0.05) is 6.20 Å². The van der Waals surface area contributed by atoms with E-state index in [4.69, 9.17) is 11.6 Å². The van der Waals surface area contributed by atoms with Crippen LogP contribution in [-0.2, 0) is 10.9 Å². The number of rotatable bonds is 2. The Morgan fingerprint density at radius 3 is 2.65 bits per heavy atom. The lowest BCUT2D eigenvalue weighted by Crippen LogP contribution is -2.12. The van der Waals surface area contributed by atoms with Crippen molar-refractivity contribution in [2.75, 3.05) is 6.61 Å². The molecule has 94 valence electrons. The van der Waals surface area contributed by atoms with Crippen LogP contribution in [0.15, 0.2) is 12.3 Å². The van der Waals surface area contributed by atoms with E-state index in [-0.39, 0.29) is 6.61 Å². The minimum Gasteiger partial charge on any atom is -0.434 e. The highest BCUT2D eigenvalue weighted by atomic mass is 35.5. The van der Waals surface area contributed by atoms with Gasteiger partial charge in [-0.25, -0.2) is 9.78 Å². The number of aromatic nitrogens is 1. The Kier molecular flexibility index (Phi) is 4.17. The molecule has 0 radical (unpaired) electrons. The van der Waals surface area contributed by atoms with Gasteiger partial charge in [0.05, 0.1) is 12.2 Å². The molecule has 0 N–H and O–H groups in total. The van der Waals surface area contributed by atoms with Gasteiger partial charge in [0.15, 0.2) is 0 Å². The number of pyridine rings is 1. The summed E-state index contributed by atoms with van der Waals surface area (Å²) in [5.74, 6) is -0.432. The summed E-state index contributed by atoms with van der Waals surface area (Å²) in [5.41, 5.74) is -1.03. The fourth-order valence-corrected chi connectivity index (χ4v) is 1.09. The second-order valence-corrected chi connectivity index (χ2v) is 3.20. The summed E-state index contributed by atoms with van der Waals surface area (Å²) < 4.78 is 45.7. The van der Waals surface area contributed by atoms with Crippen LogP contribution in [-0.4, -0.2) is 17.7 Å². The Morgan fingerprint density at radius 2 is 2.18 bits per heavy atom. The SMILES string of the molecule is CCOC(=O)Oc1ncc(C(F)(F)F)cc1Cl. The quantitative estimate of drug-likeness (QED) is 0.773. The maximum Gasteiger partial charge on any atom is 0.515 e. The molecule has 0 fully saturated rings. The third-order valence-electron chi connectivity index (χ3n) is 1.58. The molecule has 0 unspecified atom stereocenters. The summed E-state index contributed by atoms with van der Waals surface area (Å²) in [6, 6.07) is 0.614. The van der Waals surface area contributed by atoms with E-state index in [0.29, 0.717) is 12.3 Å². The van der Waals surface area contributed by atoms with Gasteiger partial charge < -0.3 is 9.47 Å². The van der Waals surface area contributed by atoms with Gasteiger partial charge in [0.1, 0.15) is 5.02 Å². The van der Waals surface area contributed by atoms with Crippen LogP contribution in [0.2, 0.25) is 5.02 Å². The van der Waals surface area contributed by atoms with E-state index < -0.39 is 28.8 Å². The third kappa shape index (κ3) is 3.77. The minimum absolute atomic E-state index is 0.0666. The number of carbonyl (C=O) groups is 1. The van der Waals surface area contributed by atoms with Crippen LogP contribution < -0.4 is 4.74 Å². The lowest BCUT2D eigenvalue weighted by molar-refractivity contribution is -0.137. The lowest BCUT2D eigenvalue weighted by Gasteiger charge is -2.08.